The Kier molecular flexibility index (Phi) is 5.74. The molecule has 1 aliphatic heterocycles. The highest BCUT2D eigenvalue weighted by Crippen LogP contribution is 2.39. The average Bonchev–Trinajstić information content (AvgIpc) is 2.49. The van der Waals surface area contributed by atoms with Gasteiger partial charge in [0.05, 0.1) is 12.0 Å². The van der Waals surface area contributed by atoms with Crippen LogP contribution in [0.15, 0.2) is 30.3 Å². The molecule has 1 heterocycles. The average molecular weight is 364 g/mol. The van der Waals surface area contributed by atoms with Crippen molar-refractivity contribution in [2.24, 2.45) is 5.92 Å². The topological polar surface area (TPSA) is 64.6 Å². The summed E-state index contributed by atoms with van der Waals surface area (Å²) in [6.07, 6.45) is -0.316. The number of rotatable bonds is 6. The minimum absolute atomic E-state index is 0.0464. The largest absolute Gasteiger partial charge is 0.459 e. The molecule has 0 spiro atoms. The van der Waals surface area contributed by atoms with Gasteiger partial charge >= 0.3 is 5.97 Å². The Bertz CT molecular complexity index is 624. The molecule has 1 aromatic rings. The summed E-state index contributed by atoms with van der Waals surface area (Å²) >= 11 is 0. The molecule has 0 radical (unpaired) electrons. The normalized spacial score (nSPS) is 21.9. The minimum atomic E-state index is -2.01. The number of benzene rings is 1. The lowest BCUT2D eigenvalue weighted by atomic mass is 9.86. The number of hydrogen-bond donors (Lipinski definition) is 1. The van der Waals surface area contributed by atoms with E-state index >= 15 is 0 Å². The van der Waals surface area contributed by atoms with Gasteiger partial charge in [-0.15, -0.1) is 0 Å². The SMILES string of the molecule is C[C@@H](O[Si](C)(C)C(C)(C)C)[C@H]1C(=O)N[C@H]1C(=O)OCc1ccccc1. The van der Waals surface area contributed by atoms with Gasteiger partial charge in [0.1, 0.15) is 12.6 Å². The first-order chi connectivity index (χ1) is 11.5. The first-order valence-corrected chi connectivity index (χ1v) is 11.6. The molecule has 1 amide bonds. The Balaban J connectivity index is 1.96. The first-order valence-electron chi connectivity index (χ1n) is 8.72. The number of amides is 1. The third-order valence-corrected chi connectivity index (χ3v) is 9.80. The lowest BCUT2D eigenvalue weighted by Gasteiger charge is -2.44. The van der Waals surface area contributed by atoms with E-state index in [2.05, 4.69) is 39.2 Å². The Morgan fingerprint density at radius 2 is 1.84 bits per heavy atom. The van der Waals surface area contributed by atoms with E-state index in [1.807, 2.05) is 37.3 Å². The van der Waals surface area contributed by atoms with Gasteiger partial charge in [-0.2, -0.15) is 0 Å². The van der Waals surface area contributed by atoms with E-state index in [1.54, 1.807) is 0 Å². The van der Waals surface area contributed by atoms with Gasteiger partial charge in [-0.05, 0) is 30.6 Å². The Morgan fingerprint density at radius 1 is 1.24 bits per heavy atom. The summed E-state index contributed by atoms with van der Waals surface area (Å²) < 4.78 is 11.7. The molecule has 0 saturated carbocycles. The van der Waals surface area contributed by atoms with Crippen LogP contribution in [0.1, 0.15) is 33.3 Å². The van der Waals surface area contributed by atoms with Gasteiger partial charge in [-0.25, -0.2) is 4.79 Å². The summed E-state index contributed by atoms with van der Waals surface area (Å²) in [6.45, 7) is 12.8. The highest BCUT2D eigenvalue weighted by Gasteiger charge is 2.51. The van der Waals surface area contributed by atoms with Crippen molar-refractivity contribution < 1.29 is 18.8 Å². The smallest absolute Gasteiger partial charge is 0.329 e. The molecular formula is C19H29NO4Si. The first kappa shape index (κ1) is 19.7. The Morgan fingerprint density at radius 3 is 2.36 bits per heavy atom. The van der Waals surface area contributed by atoms with Crippen LogP contribution in [0.2, 0.25) is 18.1 Å². The number of hydrogen-bond acceptors (Lipinski definition) is 4. The van der Waals surface area contributed by atoms with E-state index in [9.17, 15) is 9.59 Å². The van der Waals surface area contributed by atoms with Crippen LogP contribution in [0, 0.1) is 5.92 Å². The summed E-state index contributed by atoms with van der Waals surface area (Å²) in [4.78, 5) is 24.4. The van der Waals surface area contributed by atoms with Crippen LogP contribution < -0.4 is 5.32 Å². The van der Waals surface area contributed by atoms with Crippen LogP contribution in [0.25, 0.3) is 0 Å². The standard InChI is InChI=1S/C19H29NO4Si/c1-13(24-25(5,6)19(2,3)4)15-16(20-17(15)21)18(22)23-12-14-10-8-7-9-11-14/h7-11,13,15-16H,12H2,1-6H3,(H,20,21)/t13-,15-,16-/m1/s1. The molecule has 0 aliphatic carbocycles. The number of carbonyl (C=O) groups is 2. The number of carbonyl (C=O) groups excluding carboxylic acids is 2. The van der Waals surface area contributed by atoms with Crippen LogP contribution in [0.4, 0.5) is 0 Å². The van der Waals surface area contributed by atoms with E-state index < -0.39 is 26.2 Å². The van der Waals surface area contributed by atoms with E-state index in [0.717, 1.165) is 5.56 Å². The number of esters is 1. The highest BCUT2D eigenvalue weighted by molar-refractivity contribution is 6.74. The third-order valence-electron chi connectivity index (χ3n) is 5.23. The fraction of sp³-hybridized carbons (Fsp3) is 0.579. The van der Waals surface area contributed by atoms with E-state index in [0.29, 0.717) is 0 Å². The van der Waals surface area contributed by atoms with Crippen molar-refractivity contribution in [3.63, 3.8) is 0 Å². The van der Waals surface area contributed by atoms with Crippen LogP contribution in [-0.4, -0.2) is 32.3 Å². The minimum Gasteiger partial charge on any atom is -0.459 e. The summed E-state index contributed by atoms with van der Waals surface area (Å²) in [5, 5.41) is 2.70. The molecule has 1 fully saturated rings. The number of β-lactam (4-membered cyclic amide) rings is 1. The van der Waals surface area contributed by atoms with Crippen LogP contribution in [0.5, 0.6) is 0 Å². The molecule has 0 bridgehead atoms. The molecule has 1 aromatic carbocycles. The van der Waals surface area contributed by atoms with Crippen molar-refractivity contribution in [1.29, 1.82) is 0 Å². The molecule has 1 aliphatic rings. The summed E-state index contributed by atoms with van der Waals surface area (Å²) in [7, 11) is -2.01. The van der Waals surface area contributed by atoms with E-state index in [-0.39, 0.29) is 23.7 Å². The van der Waals surface area contributed by atoms with Gasteiger partial charge in [0.25, 0.3) is 0 Å². The lowest BCUT2D eigenvalue weighted by molar-refractivity contribution is -0.162. The van der Waals surface area contributed by atoms with Crippen molar-refractivity contribution in [2.75, 3.05) is 0 Å². The van der Waals surface area contributed by atoms with Crippen LogP contribution in [-0.2, 0) is 25.4 Å². The molecular weight excluding hydrogens is 334 g/mol. The summed E-state index contributed by atoms with van der Waals surface area (Å²) in [6, 6.07) is 8.86. The second-order valence-corrected chi connectivity index (χ2v) is 12.9. The molecule has 1 saturated heterocycles. The maximum atomic E-state index is 12.3. The maximum absolute atomic E-state index is 12.3. The number of nitrogens with one attached hydrogen (secondary N) is 1. The van der Waals surface area contributed by atoms with Gasteiger partial charge in [0.2, 0.25) is 5.91 Å². The van der Waals surface area contributed by atoms with Crippen LogP contribution >= 0.6 is 0 Å². The van der Waals surface area contributed by atoms with Crippen molar-refractivity contribution in [1.82, 2.24) is 5.32 Å². The molecule has 2 rings (SSSR count). The molecule has 3 atom stereocenters. The monoisotopic (exact) mass is 363 g/mol. The molecule has 0 aromatic heterocycles. The highest BCUT2D eigenvalue weighted by atomic mass is 28.4. The molecule has 25 heavy (non-hydrogen) atoms. The van der Waals surface area contributed by atoms with Crippen molar-refractivity contribution in [3.05, 3.63) is 35.9 Å². The molecule has 138 valence electrons. The predicted molar refractivity (Wildman–Crippen MR) is 99.4 cm³/mol. The molecule has 1 N–H and O–H groups in total. The van der Waals surface area contributed by atoms with Crippen molar-refractivity contribution >= 4 is 20.2 Å². The fourth-order valence-electron chi connectivity index (χ4n) is 2.62. The van der Waals surface area contributed by atoms with E-state index in [1.165, 1.54) is 0 Å². The van der Waals surface area contributed by atoms with E-state index in [4.69, 9.17) is 9.16 Å². The molecule has 5 nitrogen and oxygen atoms in total. The zero-order valence-corrected chi connectivity index (χ0v) is 17.0. The van der Waals surface area contributed by atoms with Gasteiger partial charge in [-0.1, -0.05) is 51.1 Å². The summed E-state index contributed by atoms with van der Waals surface area (Å²) in [5.41, 5.74) is 0.920. The van der Waals surface area contributed by atoms with Gasteiger partial charge < -0.3 is 14.5 Å². The van der Waals surface area contributed by atoms with Crippen LogP contribution in [0.3, 0.4) is 0 Å². The zero-order valence-electron chi connectivity index (χ0n) is 16.0. The molecule has 6 heteroatoms. The molecule has 0 unspecified atom stereocenters. The Hall–Kier alpha value is -1.66. The van der Waals surface area contributed by atoms with Gasteiger partial charge in [0, 0.05) is 0 Å². The second kappa shape index (κ2) is 7.29. The van der Waals surface area contributed by atoms with Crippen molar-refractivity contribution in [3.8, 4) is 0 Å². The second-order valence-electron chi connectivity index (χ2n) is 8.19. The van der Waals surface area contributed by atoms with Crippen molar-refractivity contribution in [2.45, 2.75) is 64.6 Å². The summed E-state index contributed by atoms with van der Waals surface area (Å²) in [5.74, 6) is -1.04. The van der Waals surface area contributed by atoms with Gasteiger partial charge in [0.15, 0.2) is 8.32 Å². The third kappa shape index (κ3) is 4.49. The van der Waals surface area contributed by atoms with Gasteiger partial charge in [-0.3, -0.25) is 4.79 Å². The lowest BCUT2D eigenvalue weighted by Crippen LogP contribution is -2.67. The predicted octanol–water partition coefficient (Wildman–Crippen LogP) is 3.25. The fourth-order valence-corrected chi connectivity index (χ4v) is 4.05. The zero-order chi connectivity index (χ0) is 18.8. The number of ether oxygens (including phenoxy) is 1. The Labute approximate surface area is 151 Å². The maximum Gasteiger partial charge on any atom is 0.329 e. The quantitative estimate of drug-likeness (QED) is 0.479.